The van der Waals surface area contributed by atoms with Crippen molar-refractivity contribution in [3.8, 4) is 5.75 Å². The van der Waals surface area contributed by atoms with Crippen LogP contribution in [0.2, 0.25) is 0 Å². The summed E-state index contributed by atoms with van der Waals surface area (Å²) in [6.45, 7) is 6.73. The molecule has 7 nitrogen and oxygen atoms in total. The zero-order chi connectivity index (χ0) is 20.9. The number of aromatic nitrogens is 3. The van der Waals surface area contributed by atoms with Crippen molar-refractivity contribution in [1.82, 2.24) is 19.9 Å². The number of fused-ring (bicyclic) bond motifs is 2. The van der Waals surface area contributed by atoms with Crippen molar-refractivity contribution >= 4 is 16.9 Å². The van der Waals surface area contributed by atoms with Gasteiger partial charge in [-0.15, -0.1) is 0 Å². The number of aromatic amines is 1. The van der Waals surface area contributed by atoms with Crippen LogP contribution in [0.1, 0.15) is 49.9 Å². The number of anilines is 1. The quantitative estimate of drug-likeness (QED) is 0.669. The minimum absolute atomic E-state index is 0.0693. The second-order valence-corrected chi connectivity index (χ2v) is 9.23. The van der Waals surface area contributed by atoms with E-state index in [9.17, 15) is 0 Å². The van der Waals surface area contributed by atoms with Gasteiger partial charge in [0, 0.05) is 24.3 Å². The minimum Gasteiger partial charge on any atom is -0.491 e. The fourth-order valence-electron chi connectivity index (χ4n) is 5.16. The van der Waals surface area contributed by atoms with Crippen LogP contribution in [0.15, 0.2) is 36.7 Å². The van der Waals surface area contributed by atoms with Crippen LogP contribution < -0.4 is 10.1 Å². The van der Waals surface area contributed by atoms with Gasteiger partial charge < -0.3 is 19.8 Å². The first kappa shape index (κ1) is 19.1. The van der Waals surface area contributed by atoms with E-state index >= 15 is 0 Å². The van der Waals surface area contributed by atoms with Crippen LogP contribution in [0.25, 0.3) is 11.0 Å². The third-order valence-electron chi connectivity index (χ3n) is 6.72. The Morgan fingerprint density at radius 1 is 1.10 bits per heavy atom. The summed E-state index contributed by atoms with van der Waals surface area (Å²) in [4.78, 5) is 15.1. The molecule has 4 heterocycles. The first-order valence-corrected chi connectivity index (χ1v) is 11.4. The molecular formula is C24H29N5O2. The van der Waals surface area contributed by atoms with Gasteiger partial charge in [-0.2, -0.15) is 0 Å². The SMILES string of the molecule is C[C@@H]1CN([C@H]2COc3ccccc3[C@@H]2Nc2ncnc3[nH]c(C4CC4)cc23)C[C@H](C)O1. The smallest absolute Gasteiger partial charge is 0.143 e. The number of hydrogen-bond donors (Lipinski definition) is 2. The number of nitrogens with zero attached hydrogens (tertiary/aromatic N) is 3. The van der Waals surface area contributed by atoms with Crippen molar-refractivity contribution in [2.24, 2.45) is 0 Å². The van der Waals surface area contributed by atoms with Gasteiger partial charge in [0.1, 0.15) is 30.1 Å². The molecule has 4 atom stereocenters. The molecule has 1 saturated carbocycles. The Labute approximate surface area is 182 Å². The topological polar surface area (TPSA) is 75.3 Å². The summed E-state index contributed by atoms with van der Waals surface area (Å²) >= 11 is 0. The molecule has 0 radical (unpaired) electrons. The van der Waals surface area contributed by atoms with Gasteiger partial charge in [0.15, 0.2) is 0 Å². The predicted octanol–water partition coefficient (Wildman–Crippen LogP) is 3.86. The number of para-hydroxylation sites is 1. The van der Waals surface area contributed by atoms with Crippen molar-refractivity contribution < 1.29 is 9.47 Å². The van der Waals surface area contributed by atoms with Crippen LogP contribution in [-0.4, -0.2) is 57.8 Å². The number of benzene rings is 1. The number of morpholine rings is 1. The molecule has 2 aromatic heterocycles. The number of nitrogens with one attached hydrogen (secondary N) is 2. The second-order valence-electron chi connectivity index (χ2n) is 9.23. The monoisotopic (exact) mass is 419 g/mol. The molecule has 1 aromatic carbocycles. The van der Waals surface area contributed by atoms with Crippen LogP contribution in [-0.2, 0) is 4.74 Å². The molecule has 0 amide bonds. The van der Waals surface area contributed by atoms with Crippen molar-refractivity contribution in [2.75, 3.05) is 25.0 Å². The maximum Gasteiger partial charge on any atom is 0.143 e. The first-order chi connectivity index (χ1) is 15.2. The van der Waals surface area contributed by atoms with Gasteiger partial charge in [0.05, 0.1) is 29.7 Å². The predicted molar refractivity (Wildman–Crippen MR) is 120 cm³/mol. The zero-order valence-electron chi connectivity index (χ0n) is 18.0. The third-order valence-corrected chi connectivity index (χ3v) is 6.72. The third kappa shape index (κ3) is 3.55. The highest BCUT2D eigenvalue weighted by molar-refractivity contribution is 5.88. The zero-order valence-corrected chi connectivity index (χ0v) is 18.0. The molecule has 2 aliphatic heterocycles. The molecule has 6 rings (SSSR count). The molecule has 1 saturated heterocycles. The lowest BCUT2D eigenvalue weighted by molar-refractivity contribution is -0.0886. The van der Waals surface area contributed by atoms with Crippen LogP contribution in [0.5, 0.6) is 5.75 Å². The molecule has 162 valence electrons. The molecule has 31 heavy (non-hydrogen) atoms. The summed E-state index contributed by atoms with van der Waals surface area (Å²) < 4.78 is 12.2. The van der Waals surface area contributed by atoms with Crippen LogP contribution in [0.4, 0.5) is 5.82 Å². The first-order valence-electron chi connectivity index (χ1n) is 11.4. The molecule has 2 fully saturated rings. The fourth-order valence-corrected chi connectivity index (χ4v) is 5.16. The van der Waals surface area contributed by atoms with Crippen LogP contribution in [0.3, 0.4) is 0 Å². The largest absolute Gasteiger partial charge is 0.491 e. The van der Waals surface area contributed by atoms with Crippen molar-refractivity contribution in [1.29, 1.82) is 0 Å². The molecule has 0 spiro atoms. The Balaban J connectivity index is 1.38. The highest BCUT2D eigenvalue weighted by Crippen LogP contribution is 2.42. The molecule has 0 bridgehead atoms. The van der Waals surface area contributed by atoms with Gasteiger partial charge in [-0.1, -0.05) is 18.2 Å². The van der Waals surface area contributed by atoms with E-state index < -0.39 is 0 Å². The van der Waals surface area contributed by atoms with Gasteiger partial charge in [-0.3, -0.25) is 4.90 Å². The molecule has 3 aliphatic rings. The molecule has 3 aromatic rings. The van der Waals surface area contributed by atoms with Crippen LogP contribution >= 0.6 is 0 Å². The summed E-state index contributed by atoms with van der Waals surface area (Å²) in [6.07, 6.45) is 4.57. The standard InChI is InChI=1S/C24H29N5O2/c1-14-10-29(11-15(2)31-14)20-12-30-21-6-4-3-5-17(21)22(20)28-24-18-9-19(16-7-8-16)27-23(18)25-13-26-24/h3-6,9,13-16,20,22H,7-8,10-12H2,1-2H3,(H2,25,26,27,28)/t14-,15+,20-,22-/m0/s1. The number of rotatable bonds is 4. The Hall–Kier alpha value is -2.64. The maximum atomic E-state index is 6.20. The molecule has 1 aliphatic carbocycles. The summed E-state index contributed by atoms with van der Waals surface area (Å²) in [6, 6.07) is 10.8. The molecule has 0 unspecified atom stereocenters. The van der Waals surface area contributed by atoms with Gasteiger partial charge in [0.2, 0.25) is 0 Å². The summed E-state index contributed by atoms with van der Waals surface area (Å²) in [5, 5.41) is 4.86. The molecular weight excluding hydrogens is 390 g/mol. The fraction of sp³-hybridized carbons (Fsp3) is 0.500. The highest BCUT2D eigenvalue weighted by atomic mass is 16.5. The van der Waals surface area contributed by atoms with E-state index in [1.807, 2.05) is 6.07 Å². The number of hydrogen-bond acceptors (Lipinski definition) is 6. The van der Waals surface area contributed by atoms with Gasteiger partial charge in [-0.25, -0.2) is 9.97 Å². The summed E-state index contributed by atoms with van der Waals surface area (Å²) in [5.74, 6) is 2.48. The summed E-state index contributed by atoms with van der Waals surface area (Å²) in [7, 11) is 0. The molecule has 2 N–H and O–H groups in total. The van der Waals surface area contributed by atoms with Crippen molar-refractivity contribution in [3.63, 3.8) is 0 Å². The lowest BCUT2D eigenvalue weighted by Crippen LogP contribution is -2.55. The van der Waals surface area contributed by atoms with Crippen molar-refractivity contribution in [3.05, 3.63) is 47.9 Å². The Bertz CT molecular complexity index is 1080. The van der Waals surface area contributed by atoms with E-state index in [1.54, 1.807) is 6.33 Å². The Morgan fingerprint density at radius 2 is 1.90 bits per heavy atom. The lowest BCUT2D eigenvalue weighted by Gasteiger charge is -2.45. The van der Waals surface area contributed by atoms with E-state index in [1.165, 1.54) is 24.1 Å². The van der Waals surface area contributed by atoms with Gasteiger partial charge >= 0.3 is 0 Å². The molecule has 7 heteroatoms. The van der Waals surface area contributed by atoms with Gasteiger partial charge in [-0.05, 0) is 44.7 Å². The Morgan fingerprint density at radius 3 is 2.71 bits per heavy atom. The normalized spacial score (nSPS) is 28.8. The average molecular weight is 420 g/mol. The Kier molecular flexibility index (Phi) is 4.61. The van der Waals surface area contributed by atoms with E-state index in [0.29, 0.717) is 12.5 Å². The minimum atomic E-state index is 0.0693. The second kappa shape index (κ2) is 7.50. The highest BCUT2D eigenvalue weighted by Gasteiger charge is 2.38. The van der Waals surface area contributed by atoms with E-state index in [-0.39, 0.29) is 24.3 Å². The summed E-state index contributed by atoms with van der Waals surface area (Å²) in [5.41, 5.74) is 3.36. The van der Waals surface area contributed by atoms with E-state index in [4.69, 9.17) is 9.47 Å². The number of ether oxygens (including phenoxy) is 2. The average Bonchev–Trinajstić information content (AvgIpc) is 3.52. The van der Waals surface area contributed by atoms with Gasteiger partial charge in [0.25, 0.3) is 0 Å². The van der Waals surface area contributed by atoms with Crippen molar-refractivity contribution in [2.45, 2.75) is 56.9 Å². The van der Waals surface area contributed by atoms with E-state index in [0.717, 1.165) is 35.7 Å². The lowest BCUT2D eigenvalue weighted by atomic mass is 9.94. The number of H-pyrrole nitrogens is 1. The van der Waals surface area contributed by atoms with E-state index in [2.05, 4.69) is 63.3 Å². The maximum absolute atomic E-state index is 6.20. The van der Waals surface area contributed by atoms with Crippen LogP contribution in [0, 0.1) is 0 Å².